The van der Waals surface area contributed by atoms with E-state index in [1.54, 1.807) is 0 Å². The minimum atomic E-state index is -0.175. The number of para-hydroxylation sites is 1. The van der Waals surface area contributed by atoms with Gasteiger partial charge in [0, 0.05) is 27.5 Å². The molecule has 2 aliphatic rings. The molecule has 0 heterocycles. The molecule has 8 aromatic carbocycles. The van der Waals surface area contributed by atoms with E-state index < -0.39 is 0 Å². The standard InChI is InChI=1S/C50H39N/c1-49(2)40-27-15-12-25-38(40)45-43(30-33-20-8-10-23-36(33)47(45)49)51(42-29-17-14-22-35(42)32-18-6-5-7-19-32)44-31-34-21-9-11-24-37(34)48-46(44)39-26-13-16-28-41(39)50(48,3)4/h5-31H,1-4H3. The van der Waals surface area contributed by atoms with Gasteiger partial charge in [0.15, 0.2) is 0 Å². The highest BCUT2D eigenvalue weighted by Crippen LogP contribution is 2.61. The number of hydrogen-bond donors (Lipinski definition) is 0. The average Bonchev–Trinajstić information content (AvgIpc) is 3.56. The molecule has 0 aliphatic heterocycles. The minimum absolute atomic E-state index is 0.175. The van der Waals surface area contributed by atoms with Gasteiger partial charge in [-0.25, -0.2) is 0 Å². The Hall–Kier alpha value is -5.92. The van der Waals surface area contributed by atoms with Gasteiger partial charge in [-0.15, -0.1) is 0 Å². The summed E-state index contributed by atoms with van der Waals surface area (Å²) in [5, 5.41) is 5.16. The van der Waals surface area contributed by atoms with Crippen molar-refractivity contribution in [2.24, 2.45) is 0 Å². The second-order valence-electron chi connectivity index (χ2n) is 15.3. The van der Waals surface area contributed by atoms with Crippen LogP contribution in [0.15, 0.2) is 164 Å². The smallest absolute Gasteiger partial charge is 0.0550 e. The number of benzene rings is 8. The summed E-state index contributed by atoms with van der Waals surface area (Å²) in [6, 6.07) is 60.9. The Morgan fingerprint density at radius 1 is 0.373 bits per heavy atom. The zero-order valence-electron chi connectivity index (χ0n) is 29.5. The van der Waals surface area contributed by atoms with Gasteiger partial charge in [0.1, 0.15) is 0 Å². The van der Waals surface area contributed by atoms with Crippen molar-refractivity contribution in [3.05, 3.63) is 186 Å². The molecule has 0 aromatic heterocycles. The van der Waals surface area contributed by atoms with E-state index in [1.807, 2.05) is 0 Å². The molecule has 0 unspecified atom stereocenters. The SMILES string of the molecule is CC1(C)c2ccccc2-c2c(N(c3ccccc3-c3ccccc3)c3cc4ccccc4c4c3-c3ccccc3C4(C)C)cc3ccccc3c21. The van der Waals surface area contributed by atoms with E-state index in [-0.39, 0.29) is 10.8 Å². The first kappa shape index (κ1) is 29.9. The van der Waals surface area contributed by atoms with Crippen LogP contribution in [0, 0.1) is 0 Å². The molecule has 8 aromatic rings. The second-order valence-corrected chi connectivity index (χ2v) is 15.3. The van der Waals surface area contributed by atoms with Crippen LogP contribution in [0.1, 0.15) is 49.9 Å². The molecule has 0 amide bonds. The Morgan fingerprint density at radius 3 is 1.31 bits per heavy atom. The van der Waals surface area contributed by atoms with E-state index in [0.717, 1.165) is 0 Å². The van der Waals surface area contributed by atoms with Gasteiger partial charge in [-0.1, -0.05) is 173 Å². The van der Waals surface area contributed by atoms with Crippen LogP contribution in [0.5, 0.6) is 0 Å². The van der Waals surface area contributed by atoms with Gasteiger partial charge in [0.25, 0.3) is 0 Å². The van der Waals surface area contributed by atoms with Crippen molar-refractivity contribution in [1.29, 1.82) is 0 Å². The molecule has 10 rings (SSSR count). The zero-order valence-corrected chi connectivity index (χ0v) is 29.5. The van der Waals surface area contributed by atoms with Crippen molar-refractivity contribution >= 4 is 38.6 Å². The summed E-state index contributed by atoms with van der Waals surface area (Å²) < 4.78 is 0. The van der Waals surface area contributed by atoms with E-state index in [0.29, 0.717) is 0 Å². The molecule has 0 saturated heterocycles. The summed E-state index contributed by atoms with van der Waals surface area (Å²) in [4.78, 5) is 2.62. The Labute approximate surface area is 300 Å². The quantitative estimate of drug-likeness (QED) is 0.183. The van der Waals surface area contributed by atoms with Crippen LogP contribution in [-0.4, -0.2) is 0 Å². The lowest BCUT2D eigenvalue weighted by Crippen LogP contribution is -2.18. The van der Waals surface area contributed by atoms with Crippen molar-refractivity contribution < 1.29 is 0 Å². The van der Waals surface area contributed by atoms with Crippen molar-refractivity contribution in [3.8, 4) is 33.4 Å². The van der Waals surface area contributed by atoms with Crippen molar-refractivity contribution in [2.45, 2.75) is 38.5 Å². The maximum Gasteiger partial charge on any atom is 0.0550 e. The molecule has 0 spiro atoms. The molecule has 244 valence electrons. The highest BCUT2D eigenvalue weighted by Gasteiger charge is 2.42. The van der Waals surface area contributed by atoms with Gasteiger partial charge < -0.3 is 4.90 Å². The summed E-state index contributed by atoms with van der Waals surface area (Å²) in [5.74, 6) is 0. The van der Waals surface area contributed by atoms with Crippen LogP contribution >= 0.6 is 0 Å². The van der Waals surface area contributed by atoms with Gasteiger partial charge in [-0.05, 0) is 78.7 Å². The fourth-order valence-corrected chi connectivity index (χ4v) is 9.54. The fourth-order valence-electron chi connectivity index (χ4n) is 9.54. The number of anilines is 3. The summed E-state index contributed by atoms with van der Waals surface area (Å²) in [5.41, 5.74) is 16.5. The highest BCUT2D eigenvalue weighted by molar-refractivity contribution is 6.11. The number of fused-ring (bicyclic) bond motifs is 10. The van der Waals surface area contributed by atoms with Crippen molar-refractivity contribution in [1.82, 2.24) is 0 Å². The number of hydrogen-bond acceptors (Lipinski definition) is 1. The third kappa shape index (κ3) is 4.15. The Bertz CT molecular complexity index is 2550. The predicted octanol–water partition coefficient (Wildman–Crippen LogP) is 13.7. The van der Waals surface area contributed by atoms with Gasteiger partial charge >= 0.3 is 0 Å². The summed E-state index contributed by atoms with van der Waals surface area (Å²) in [7, 11) is 0. The average molecular weight is 654 g/mol. The van der Waals surface area contributed by atoms with Crippen molar-refractivity contribution in [2.75, 3.05) is 4.90 Å². The van der Waals surface area contributed by atoms with Gasteiger partial charge in [0.2, 0.25) is 0 Å². The number of rotatable bonds is 4. The predicted molar refractivity (Wildman–Crippen MR) is 217 cm³/mol. The zero-order chi connectivity index (χ0) is 34.5. The van der Waals surface area contributed by atoms with Crippen molar-refractivity contribution in [3.63, 3.8) is 0 Å². The molecule has 0 saturated carbocycles. The topological polar surface area (TPSA) is 3.24 Å². The first-order valence-corrected chi connectivity index (χ1v) is 18.1. The van der Waals surface area contributed by atoms with Crippen LogP contribution in [0.4, 0.5) is 17.1 Å². The molecular formula is C50H39N. The molecule has 1 heteroatoms. The lowest BCUT2D eigenvalue weighted by molar-refractivity contribution is 0.666. The van der Waals surface area contributed by atoms with Crippen LogP contribution in [0.2, 0.25) is 0 Å². The number of nitrogens with zero attached hydrogens (tertiary/aromatic N) is 1. The summed E-state index contributed by atoms with van der Waals surface area (Å²) >= 11 is 0. The molecular weight excluding hydrogens is 615 g/mol. The van der Waals surface area contributed by atoms with Crippen LogP contribution in [0.3, 0.4) is 0 Å². The minimum Gasteiger partial charge on any atom is -0.309 e. The normalized spacial score (nSPS) is 14.6. The highest BCUT2D eigenvalue weighted by atomic mass is 15.2. The molecule has 2 aliphatic carbocycles. The molecule has 0 radical (unpaired) electrons. The fraction of sp³-hybridized carbons (Fsp3) is 0.120. The van der Waals surface area contributed by atoms with E-state index in [9.17, 15) is 0 Å². The third-order valence-electron chi connectivity index (χ3n) is 11.8. The lowest BCUT2D eigenvalue weighted by atomic mass is 9.79. The molecule has 0 bridgehead atoms. The monoisotopic (exact) mass is 653 g/mol. The van der Waals surface area contributed by atoms with Crippen LogP contribution in [-0.2, 0) is 10.8 Å². The van der Waals surface area contributed by atoms with Gasteiger partial charge in [-0.2, -0.15) is 0 Å². The largest absolute Gasteiger partial charge is 0.309 e. The third-order valence-corrected chi connectivity index (χ3v) is 11.8. The van der Waals surface area contributed by atoms with Crippen LogP contribution < -0.4 is 4.90 Å². The Morgan fingerprint density at radius 2 is 0.784 bits per heavy atom. The van der Waals surface area contributed by atoms with E-state index in [4.69, 9.17) is 0 Å². The first-order valence-electron chi connectivity index (χ1n) is 18.1. The molecule has 51 heavy (non-hydrogen) atoms. The molecule has 0 atom stereocenters. The second kappa shape index (κ2) is 10.8. The lowest BCUT2D eigenvalue weighted by Gasteiger charge is -2.34. The Kier molecular flexibility index (Phi) is 6.34. The van der Waals surface area contributed by atoms with E-state index in [2.05, 4.69) is 196 Å². The molecule has 0 fully saturated rings. The Balaban J connectivity index is 1.42. The van der Waals surface area contributed by atoms with E-state index in [1.165, 1.54) is 94.2 Å². The van der Waals surface area contributed by atoms with Crippen LogP contribution in [0.25, 0.3) is 54.9 Å². The van der Waals surface area contributed by atoms with E-state index >= 15 is 0 Å². The van der Waals surface area contributed by atoms with Gasteiger partial charge in [0.05, 0.1) is 17.1 Å². The maximum atomic E-state index is 2.62. The maximum absolute atomic E-state index is 2.62. The molecule has 0 N–H and O–H groups in total. The first-order chi connectivity index (χ1) is 24.9. The molecule has 1 nitrogen and oxygen atoms in total. The summed E-state index contributed by atoms with van der Waals surface area (Å²) in [6.45, 7) is 9.62. The summed E-state index contributed by atoms with van der Waals surface area (Å²) in [6.07, 6.45) is 0. The van der Waals surface area contributed by atoms with Gasteiger partial charge in [-0.3, -0.25) is 0 Å².